The smallest absolute Gasteiger partial charge is 0.272 e. The van der Waals surface area contributed by atoms with Gasteiger partial charge in [0.15, 0.2) is 5.69 Å². The van der Waals surface area contributed by atoms with Crippen LogP contribution in [0.2, 0.25) is 0 Å². The quantitative estimate of drug-likeness (QED) is 0.841. The summed E-state index contributed by atoms with van der Waals surface area (Å²) in [4.78, 5) is 15.7. The number of hydrogen-bond acceptors (Lipinski definition) is 6. The van der Waals surface area contributed by atoms with Crippen LogP contribution in [0.3, 0.4) is 0 Å². The van der Waals surface area contributed by atoms with Crippen LogP contribution < -0.4 is 10.6 Å². The number of anilines is 1. The predicted octanol–water partition coefficient (Wildman–Crippen LogP) is 0.905. The van der Waals surface area contributed by atoms with Crippen molar-refractivity contribution in [1.29, 1.82) is 0 Å². The molecule has 0 unspecified atom stereocenters. The molecule has 0 saturated heterocycles. The number of hydrogen-bond donors (Lipinski definition) is 2. The number of thiazole rings is 1. The lowest BCUT2D eigenvalue weighted by molar-refractivity contribution is 0.0944. The summed E-state index contributed by atoms with van der Waals surface area (Å²) in [5.41, 5.74) is 2.85. The van der Waals surface area contributed by atoms with E-state index < -0.39 is 0 Å². The van der Waals surface area contributed by atoms with Gasteiger partial charge in [-0.15, -0.1) is 21.5 Å². The highest BCUT2D eigenvalue weighted by atomic mass is 32.1. The molecule has 2 N–H and O–H groups in total. The molecule has 0 aliphatic rings. The Bertz CT molecular complexity index is 482. The monoisotopic (exact) mass is 249 g/mol. The first kappa shape index (κ1) is 11.5. The van der Waals surface area contributed by atoms with E-state index in [1.54, 1.807) is 24.7 Å². The summed E-state index contributed by atoms with van der Waals surface area (Å²) < 4.78 is 0. The molecule has 88 valence electrons. The normalized spacial score (nSPS) is 9.94. The lowest BCUT2D eigenvalue weighted by Gasteiger charge is -2.02. The molecule has 0 fully saturated rings. The number of aromatic nitrogens is 3. The second kappa shape index (κ2) is 5.35. The number of amides is 1. The van der Waals surface area contributed by atoms with Crippen molar-refractivity contribution in [2.45, 2.75) is 6.54 Å². The molecule has 2 aromatic heterocycles. The minimum absolute atomic E-state index is 0.256. The first-order valence-corrected chi connectivity index (χ1v) is 5.90. The standard InChI is InChI=1S/C10H11N5OS/c1-11-9-3-2-8(14-15-9)10(16)12-4-7-5-17-6-13-7/h2-3,5-6H,4H2,1H3,(H,11,15)(H,12,16). The van der Waals surface area contributed by atoms with Crippen molar-refractivity contribution in [3.8, 4) is 0 Å². The van der Waals surface area contributed by atoms with E-state index >= 15 is 0 Å². The van der Waals surface area contributed by atoms with Crippen LogP contribution in [0.15, 0.2) is 23.0 Å². The predicted molar refractivity (Wildman–Crippen MR) is 64.9 cm³/mol. The highest BCUT2D eigenvalue weighted by Crippen LogP contribution is 2.02. The first-order valence-electron chi connectivity index (χ1n) is 4.96. The molecular formula is C10H11N5OS. The summed E-state index contributed by atoms with van der Waals surface area (Å²) in [6.07, 6.45) is 0. The summed E-state index contributed by atoms with van der Waals surface area (Å²) in [6, 6.07) is 3.32. The van der Waals surface area contributed by atoms with Gasteiger partial charge in [0.1, 0.15) is 5.82 Å². The molecule has 0 radical (unpaired) electrons. The molecular weight excluding hydrogens is 238 g/mol. The molecule has 1 amide bonds. The summed E-state index contributed by atoms with van der Waals surface area (Å²) in [7, 11) is 1.74. The van der Waals surface area contributed by atoms with E-state index in [2.05, 4.69) is 25.8 Å². The van der Waals surface area contributed by atoms with E-state index in [-0.39, 0.29) is 5.91 Å². The van der Waals surface area contributed by atoms with Crippen LogP contribution in [0.25, 0.3) is 0 Å². The highest BCUT2D eigenvalue weighted by Gasteiger charge is 2.07. The largest absolute Gasteiger partial charge is 0.372 e. The Morgan fingerprint density at radius 3 is 2.88 bits per heavy atom. The molecule has 0 spiro atoms. The third-order valence-corrected chi connectivity index (χ3v) is 2.70. The van der Waals surface area contributed by atoms with Crippen molar-refractivity contribution >= 4 is 23.1 Å². The summed E-state index contributed by atoms with van der Waals surface area (Å²) in [6.45, 7) is 0.401. The second-order valence-corrected chi connectivity index (χ2v) is 3.93. The number of carbonyl (C=O) groups excluding carboxylic acids is 1. The van der Waals surface area contributed by atoms with Crippen molar-refractivity contribution in [3.05, 3.63) is 34.4 Å². The number of rotatable bonds is 4. The van der Waals surface area contributed by atoms with Crippen LogP contribution in [-0.4, -0.2) is 28.1 Å². The lowest BCUT2D eigenvalue weighted by Crippen LogP contribution is -2.24. The van der Waals surface area contributed by atoms with Crippen LogP contribution in [0.5, 0.6) is 0 Å². The summed E-state index contributed by atoms with van der Waals surface area (Å²) >= 11 is 1.49. The maximum absolute atomic E-state index is 11.7. The van der Waals surface area contributed by atoms with Crippen LogP contribution in [0, 0.1) is 0 Å². The van der Waals surface area contributed by atoms with Crippen molar-refractivity contribution in [1.82, 2.24) is 20.5 Å². The van der Waals surface area contributed by atoms with Crippen molar-refractivity contribution in [2.75, 3.05) is 12.4 Å². The Labute approximate surface area is 102 Å². The zero-order valence-corrected chi connectivity index (χ0v) is 9.99. The average Bonchev–Trinajstić information content (AvgIpc) is 2.89. The van der Waals surface area contributed by atoms with Gasteiger partial charge in [-0.1, -0.05) is 0 Å². The molecule has 2 aromatic rings. The van der Waals surface area contributed by atoms with Crippen LogP contribution in [0.1, 0.15) is 16.2 Å². The molecule has 0 bridgehead atoms. The number of nitrogens with zero attached hydrogens (tertiary/aromatic N) is 3. The van der Waals surface area contributed by atoms with Gasteiger partial charge in [0.25, 0.3) is 5.91 Å². The van der Waals surface area contributed by atoms with Gasteiger partial charge in [0.2, 0.25) is 0 Å². The van der Waals surface area contributed by atoms with E-state index in [4.69, 9.17) is 0 Å². The van der Waals surface area contributed by atoms with Crippen LogP contribution in [0.4, 0.5) is 5.82 Å². The van der Waals surface area contributed by atoms with Crippen molar-refractivity contribution in [2.24, 2.45) is 0 Å². The Hall–Kier alpha value is -2.02. The van der Waals surface area contributed by atoms with E-state index in [0.717, 1.165) is 5.69 Å². The minimum atomic E-state index is -0.256. The van der Waals surface area contributed by atoms with E-state index in [1.165, 1.54) is 11.3 Å². The number of nitrogens with one attached hydrogen (secondary N) is 2. The maximum atomic E-state index is 11.7. The molecule has 0 atom stereocenters. The molecule has 2 heterocycles. The summed E-state index contributed by atoms with van der Waals surface area (Å²) in [5, 5.41) is 15.1. The van der Waals surface area contributed by atoms with Crippen molar-refractivity contribution in [3.63, 3.8) is 0 Å². The molecule has 0 aliphatic heterocycles. The van der Waals surface area contributed by atoms with Crippen molar-refractivity contribution < 1.29 is 4.79 Å². The van der Waals surface area contributed by atoms with E-state index in [0.29, 0.717) is 18.1 Å². The van der Waals surface area contributed by atoms with Crippen LogP contribution in [-0.2, 0) is 6.54 Å². The van der Waals surface area contributed by atoms with Gasteiger partial charge in [-0.05, 0) is 12.1 Å². The third kappa shape index (κ3) is 2.97. The summed E-state index contributed by atoms with van der Waals surface area (Å²) in [5.74, 6) is 0.370. The fraction of sp³-hybridized carbons (Fsp3) is 0.200. The Balaban J connectivity index is 1.95. The Morgan fingerprint density at radius 2 is 2.29 bits per heavy atom. The molecule has 2 rings (SSSR count). The van der Waals surface area contributed by atoms with E-state index in [1.807, 2.05) is 5.38 Å². The maximum Gasteiger partial charge on any atom is 0.272 e. The molecule has 0 saturated carbocycles. The van der Waals surface area contributed by atoms with Gasteiger partial charge in [-0.25, -0.2) is 4.98 Å². The topological polar surface area (TPSA) is 79.8 Å². The third-order valence-electron chi connectivity index (χ3n) is 2.07. The van der Waals surface area contributed by atoms with Gasteiger partial charge in [-0.3, -0.25) is 4.79 Å². The fourth-order valence-corrected chi connectivity index (χ4v) is 1.73. The van der Waals surface area contributed by atoms with Gasteiger partial charge in [0, 0.05) is 12.4 Å². The second-order valence-electron chi connectivity index (χ2n) is 3.22. The molecule has 6 nitrogen and oxygen atoms in total. The zero-order valence-electron chi connectivity index (χ0n) is 9.17. The molecule has 0 aliphatic carbocycles. The van der Waals surface area contributed by atoms with Gasteiger partial charge < -0.3 is 10.6 Å². The van der Waals surface area contributed by atoms with Gasteiger partial charge in [-0.2, -0.15) is 0 Å². The first-order chi connectivity index (χ1) is 8.29. The highest BCUT2D eigenvalue weighted by molar-refractivity contribution is 7.07. The van der Waals surface area contributed by atoms with Crippen LogP contribution >= 0.6 is 11.3 Å². The van der Waals surface area contributed by atoms with Gasteiger partial charge >= 0.3 is 0 Å². The Morgan fingerprint density at radius 1 is 1.41 bits per heavy atom. The van der Waals surface area contributed by atoms with E-state index in [9.17, 15) is 4.79 Å². The average molecular weight is 249 g/mol. The number of carbonyl (C=O) groups is 1. The zero-order chi connectivity index (χ0) is 12.1. The molecule has 17 heavy (non-hydrogen) atoms. The SMILES string of the molecule is CNc1ccc(C(=O)NCc2cscn2)nn1. The molecule has 0 aromatic carbocycles. The van der Waals surface area contributed by atoms with Gasteiger partial charge in [0.05, 0.1) is 17.7 Å². The minimum Gasteiger partial charge on any atom is -0.372 e. The fourth-order valence-electron chi connectivity index (χ4n) is 1.17. The Kier molecular flexibility index (Phi) is 3.61. The lowest BCUT2D eigenvalue weighted by atomic mass is 10.3. The molecule has 7 heteroatoms.